The smallest absolute Gasteiger partial charge is 0.152 e. The molecule has 0 radical (unpaired) electrons. The lowest BCUT2D eigenvalue weighted by Crippen LogP contribution is -2.13. The van der Waals surface area contributed by atoms with E-state index in [-0.39, 0.29) is 5.41 Å². The fraction of sp³-hybridized carbons (Fsp3) is 0.600. The molecular weight excluding hydrogens is 268 g/mol. The second kappa shape index (κ2) is 6.87. The van der Waals surface area contributed by atoms with Crippen LogP contribution in [0.25, 0.3) is 5.52 Å². The molecule has 0 aliphatic heterocycles. The van der Waals surface area contributed by atoms with Gasteiger partial charge in [-0.1, -0.05) is 20.8 Å². The third-order valence-corrected chi connectivity index (χ3v) is 3.13. The summed E-state index contributed by atoms with van der Waals surface area (Å²) in [5.74, 6) is 0.829. The highest BCUT2D eigenvalue weighted by atomic mass is 16.5. The summed E-state index contributed by atoms with van der Waals surface area (Å²) < 4.78 is 12.2. The van der Waals surface area contributed by atoms with Gasteiger partial charge in [0.1, 0.15) is 5.52 Å². The second-order valence-electron chi connectivity index (χ2n) is 5.92. The quantitative estimate of drug-likeness (QED) is 0.792. The monoisotopic (exact) mass is 292 g/mol. The van der Waals surface area contributed by atoms with Crippen LogP contribution in [-0.2, 0) is 14.9 Å². The molecule has 2 aromatic heterocycles. The fourth-order valence-corrected chi connectivity index (χ4v) is 1.91. The van der Waals surface area contributed by atoms with Crippen LogP contribution < -0.4 is 5.32 Å². The first-order valence-corrected chi connectivity index (χ1v) is 7.18. The van der Waals surface area contributed by atoms with Crippen LogP contribution in [0.5, 0.6) is 0 Å². The van der Waals surface area contributed by atoms with Crippen LogP contribution in [0.4, 0.5) is 5.82 Å². The van der Waals surface area contributed by atoms with Crippen LogP contribution in [0.15, 0.2) is 18.5 Å². The molecule has 116 valence electrons. The molecule has 0 aliphatic rings. The first kappa shape index (κ1) is 15.7. The van der Waals surface area contributed by atoms with Gasteiger partial charge in [0.15, 0.2) is 5.82 Å². The second-order valence-corrected chi connectivity index (χ2v) is 5.92. The molecule has 2 rings (SSSR count). The maximum absolute atomic E-state index is 5.43. The molecule has 2 heterocycles. The number of methoxy groups -OCH3 is 1. The van der Waals surface area contributed by atoms with Gasteiger partial charge in [-0.2, -0.15) is 5.10 Å². The summed E-state index contributed by atoms with van der Waals surface area (Å²) in [5.41, 5.74) is 2.06. The van der Waals surface area contributed by atoms with Gasteiger partial charge in [0.25, 0.3) is 0 Å². The van der Waals surface area contributed by atoms with Crippen LogP contribution in [-0.4, -0.2) is 48.1 Å². The minimum atomic E-state index is 0.0204. The molecule has 0 saturated carbocycles. The Morgan fingerprint density at radius 2 is 2.05 bits per heavy atom. The summed E-state index contributed by atoms with van der Waals surface area (Å²) in [6.45, 7) is 9.00. The molecule has 0 fully saturated rings. The summed E-state index contributed by atoms with van der Waals surface area (Å²) in [7, 11) is 1.67. The van der Waals surface area contributed by atoms with Crippen molar-refractivity contribution in [2.45, 2.75) is 26.2 Å². The predicted molar refractivity (Wildman–Crippen MR) is 82.9 cm³/mol. The van der Waals surface area contributed by atoms with Crippen molar-refractivity contribution in [3.05, 3.63) is 24.2 Å². The third kappa shape index (κ3) is 4.15. The Labute approximate surface area is 125 Å². The number of hydrogen-bond donors (Lipinski definition) is 1. The van der Waals surface area contributed by atoms with E-state index in [2.05, 4.69) is 42.2 Å². The average Bonchev–Trinajstić information content (AvgIpc) is 2.87. The van der Waals surface area contributed by atoms with Crippen LogP contribution in [0, 0.1) is 0 Å². The Morgan fingerprint density at radius 1 is 1.24 bits per heavy atom. The SMILES string of the molecule is COCCOCCNc1nccn2nc(C(C)(C)C)cc12. The Kier molecular flexibility index (Phi) is 5.14. The van der Waals surface area contributed by atoms with Gasteiger partial charge in [-0.15, -0.1) is 0 Å². The van der Waals surface area contributed by atoms with E-state index < -0.39 is 0 Å². The Bertz CT molecular complexity index is 575. The van der Waals surface area contributed by atoms with Crippen LogP contribution in [0.1, 0.15) is 26.5 Å². The molecule has 0 atom stereocenters. The van der Waals surface area contributed by atoms with Gasteiger partial charge in [-0.05, 0) is 6.07 Å². The van der Waals surface area contributed by atoms with Gasteiger partial charge in [0.05, 0.1) is 25.5 Å². The molecule has 0 unspecified atom stereocenters. The summed E-state index contributed by atoms with van der Waals surface area (Å²) in [4.78, 5) is 4.38. The summed E-state index contributed by atoms with van der Waals surface area (Å²) in [5, 5.41) is 7.89. The summed E-state index contributed by atoms with van der Waals surface area (Å²) in [6, 6.07) is 2.08. The third-order valence-electron chi connectivity index (χ3n) is 3.13. The van der Waals surface area contributed by atoms with Gasteiger partial charge in [0, 0.05) is 31.5 Å². The average molecular weight is 292 g/mol. The molecule has 6 heteroatoms. The lowest BCUT2D eigenvalue weighted by Gasteiger charge is -2.13. The van der Waals surface area contributed by atoms with Crippen LogP contribution >= 0.6 is 0 Å². The van der Waals surface area contributed by atoms with Gasteiger partial charge in [-0.25, -0.2) is 9.50 Å². The van der Waals surface area contributed by atoms with E-state index in [9.17, 15) is 0 Å². The standard InChI is InChI=1S/C15H24N4O2/c1-15(2,3)13-11-12-14(16-5-7-19(12)18-13)17-6-8-21-10-9-20-4/h5,7,11H,6,8-10H2,1-4H3,(H,16,17). The molecule has 6 nitrogen and oxygen atoms in total. The fourth-order valence-electron chi connectivity index (χ4n) is 1.91. The number of nitrogens with one attached hydrogen (secondary N) is 1. The molecule has 0 saturated heterocycles. The molecule has 1 N–H and O–H groups in total. The van der Waals surface area contributed by atoms with Crippen molar-refractivity contribution in [3.63, 3.8) is 0 Å². The first-order chi connectivity index (χ1) is 10.0. The molecular formula is C15H24N4O2. The van der Waals surface area contributed by atoms with E-state index in [1.165, 1.54) is 0 Å². The van der Waals surface area contributed by atoms with Gasteiger partial charge < -0.3 is 14.8 Å². The zero-order chi connectivity index (χ0) is 15.3. The van der Waals surface area contributed by atoms with Gasteiger partial charge in [0.2, 0.25) is 0 Å². The molecule has 2 aromatic rings. The van der Waals surface area contributed by atoms with Crippen LogP contribution in [0.3, 0.4) is 0 Å². The van der Waals surface area contributed by atoms with E-state index in [1.807, 2.05) is 10.7 Å². The Balaban J connectivity index is 2.01. The van der Waals surface area contributed by atoms with Crippen LogP contribution in [0.2, 0.25) is 0 Å². The van der Waals surface area contributed by atoms with Gasteiger partial charge in [-0.3, -0.25) is 0 Å². The van der Waals surface area contributed by atoms with Crippen molar-refractivity contribution in [1.82, 2.24) is 14.6 Å². The maximum Gasteiger partial charge on any atom is 0.152 e. The largest absolute Gasteiger partial charge is 0.382 e. The lowest BCUT2D eigenvalue weighted by atomic mass is 9.92. The van der Waals surface area contributed by atoms with E-state index in [0.717, 1.165) is 17.0 Å². The van der Waals surface area contributed by atoms with Crippen molar-refractivity contribution in [2.75, 3.05) is 38.8 Å². The van der Waals surface area contributed by atoms with Crippen molar-refractivity contribution < 1.29 is 9.47 Å². The van der Waals surface area contributed by atoms with Crippen molar-refractivity contribution in [1.29, 1.82) is 0 Å². The first-order valence-electron chi connectivity index (χ1n) is 7.18. The zero-order valence-electron chi connectivity index (χ0n) is 13.2. The lowest BCUT2D eigenvalue weighted by molar-refractivity contribution is 0.0759. The maximum atomic E-state index is 5.43. The molecule has 0 bridgehead atoms. The molecule has 0 aliphatic carbocycles. The predicted octanol–water partition coefficient (Wildman–Crippen LogP) is 2.10. The number of fused-ring (bicyclic) bond motifs is 1. The summed E-state index contributed by atoms with van der Waals surface area (Å²) >= 11 is 0. The molecule has 0 amide bonds. The highest BCUT2D eigenvalue weighted by Crippen LogP contribution is 2.24. The highest BCUT2D eigenvalue weighted by molar-refractivity contribution is 5.68. The molecule has 0 spiro atoms. The number of anilines is 1. The number of aromatic nitrogens is 3. The minimum Gasteiger partial charge on any atom is -0.382 e. The van der Waals surface area contributed by atoms with Crippen molar-refractivity contribution in [3.8, 4) is 0 Å². The normalized spacial score (nSPS) is 12.0. The minimum absolute atomic E-state index is 0.0204. The Hall–Kier alpha value is -1.66. The van der Waals surface area contributed by atoms with E-state index in [4.69, 9.17) is 9.47 Å². The van der Waals surface area contributed by atoms with E-state index >= 15 is 0 Å². The van der Waals surface area contributed by atoms with Crippen molar-refractivity contribution >= 4 is 11.3 Å². The van der Waals surface area contributed by atoms with E-state index in [0.29, 0.717) is 26.4 Å². The topological polar surface area (TPSA) is 60.7 Å². The van der Waals surface area contributed by atoms with Gasteiger partial charge >= 0.3 is 0 Å². The molecule has 0 aromatic carbocycles. The number of hydrogen-bond acceptors (Lipinski definition) is 5. The van der Waals surface area contributed by atoms with E-state index in [1.54, 1.807) is 13.3 Å². The number of ether oxygens (including phenoxy) is 2. The highest BCUT2D eigenvalue weighted by Gasteiger charge is 2.18. The molecule has 21 heavy (non-hydrogen) atoms. The zero-order valence-corrected chi connectivity index (χ0v) is 13.2. The summed E-state index contributed by atoms with van der Waals surface area (Å²) in [6.07, 6.45) is 3.62. The number of nitrogens with zero attached hydrogens (tertiary/aromatic N) is 3. The van der Waals surface area contributed by atoms with Crippen molar-refractivity contribution in [2.24, 2.45) is 0 Å². The Morgan fingerprint density at radius 3 is 2.76 bits per heavy atom. The number of rotatable bonds is 7.